The standard InChI is InChI=1S/C30H40N2O4S/c1-20-7-11-24(12-8-20)31-27(33)36-19-30-18-32(17-23(30)15-22-16-26(30)29(22,5)6)37(34,35)25-13-9-21(10-14-25)28(2,3)4/h7-14,22-23,26H,15-19H2,1-6H3,(H,31,33)/t22-,23+,26+,30+/m0/s1. The lowest BCUT2D eigenvalue weighted by molar-refractivity contribution is -0.186. The van der Waals surface area contributed by atoms with E-state index in [-0.39, 0.29) is 28.8 Å². The number of carbonyl (C=O) groups excluding carboxylic acids is 1. The van der Waals surface area contributed by atoms with Gasteiger partial charge in [-0.2, -0.15) is 4.31 Å². The van der Waals surface area contributed by atoms with E-state index in [0.717, 1.165) is 24.0 Å². The Morgan fingerprint density at radius 1 is 1.03 bits per heavy atom. The molecule has 7 heteroatoms. The van der Waals surface area contributed by atoms with Gasteiger partial charge in [0.05, 0.1) is 4.90 Å². The summed E-state index contributed by atoms with van der Waals surface area (Å²) in [5.41, 5.74) is 2.60. The smallest absolute Gasteiger partial charge is 0.411 e. The van der Waals surface area contributed by atoms with Crippen molar-refractivity contribution in [1.29, 1.82) is 0 Å². The van der Waals surface area contributed by atoms with Crippen molar-refractivity contribution >= 4 is 21.8 Å². The van der Waals surface area contributed by atoms with Crippen molar-refractivity contribution in [3.8, 4) is 0 Å². The van der Waals surface area contributed by atoms with Gasteiger partial charge in [-0.15, -0.1) is 0 Å². The highest BCUT2D eigenvalue weighted by Gasteiger charge is 2.68. The van der Waals surface area contributed by atoms with Gasteiger partial charge in [0.15, 0.2) is 0 Å². The van der Waals surface area contributed by atoms with Gasteiger partial charge >= 0.3 is 6.09 Å². The summed E-state index contributed by atoms with van der Waals surface area (Å²) in [5, 5.41) is 2.83. The second-order valence-electron chi connectivity index (χ2n) is 13.1. The van der Waals surface area contributed by atoms with Gasteiger partial charge in [-0.05, 0) is 78.2 Å². The molecule has 4 aliphatic rings. The third-order valence-electron chi connectivity index (χ3n) is 9.57. The van der Waals surface area contributed by atoms with Crippen LogP contribution in [0.15, 0.2) is 53.4 Å². The van der Waals surface area contributed by atoms with E-state index in [4.69, 9.17) is 4.74 Å². The van der Waals surface area contributed by atoms with Gasteiger partial charge in [-0.1, -0.05) is 64.4 Å². The first kappa shape index (κ1) is 26.2. The Kier molecular flexibility index (Phi) is 6.27. The number of hydrogen-bond donors (Lipinski definition) is 1. The van der Waals surface area contributed by atoms with Gasteiger partial charge in [0.25, 0.3) is 0 Å². The number of hydrogen-bond acceptors (Lipinski definition) is 4. The Hall–Kier alpha value is -2.38. The van der Waals surface area contributed by atoms with Gasteiger partial charge < -0.3 is 4.74 Å². The Balaban J connectivity index is 1.37. The lowest BCUT2D eigenvalue weighted by atomic mass is 9.39. The Morgan fingerprint density at radius 3 is 2.27 bits per heavy atom. The Labute approximate surface area is 221 Å². The summed E-state index contributed by atoms with van der Waals surface area (Å²) in [6, 6.07) is 14.9. The van der Waals surface area contributed by atoms with Gasteiger partial charge in [-0.25, -0.2) is 13.2 Å². The number of nitrogens with one attached hydrogen (secondary N) is 1. The Bertz CT molecular complexity index is 1280. The van der Waals surface area contributed by atoms with Crippen molar-refractivity contribution in [2.75, 3.05) is 25.0 Å². The van der Waals surface area contributed by atoms with Crippen LogP contribution in [0.2, 0.25) is 0 Å². The molecule has 0 aromatic heterocycles. The average Bonchev–Trinajstić information content (AvgIpc) is 3.24. The van der Waals surface area contributed by atoms with Crippen LogP contribution in [0.25, 0.3) is 0 Å². The van der Waals surface area contributed by atoms with Crippen LogP contribution in [0.1, 0.15) is 58.6 Å². The number of sulfonamides is 1. The zero-order valence-corrected chi connectivity index (χ0v) is 23.7. The first-order valence-corrected chi connectivity index (χ1v) is 14.8. The molecule has 3 saturated carbocycles. The van der Waals surface area contributed by atoms with E-state index in [1.807, 2.05) is 43.3 Å². The molecular formula is C30H40N2O4S. The molecule has 6 rings (SSSR count). The highest BCUT2D eigenvalue weighted by molar-refractivity contribution is 7.89. The molecule has 4 fully saturated rings. The van der Waals surface area contributed by atoms with Crippen LogP contribution in [-0.4, -0.2) is 38.5 Å². The zero-order chi connectivity index (χ0) is 26.8. The molecule has 0 radical (unpaired) electrons. The maximum atomic E-state index is 13.8. The van der Waals surface area contributed by atoms with Crippen molar-refractivity contribution in [2.45, 2.75) is 64.7 Å². The largest absolute Gasteiger partial charge is 0.449 e. The molecule has 1 N–H and O–H groups in total. The quantitative estimate of drug-likeness (QED) is 0.504. The minimum atomic E-state index is -3.65. The number of rotatable bonds is 5. The fraction of sp³-hybridized carbons (Fsp3) is 0.567. The van der Waals surface area contributed by atoms with Gasteiger partial charge in [0.2, 0.25) is 10.0 Å². The number of aryl methyl sites for hydroxylation is 1. The van der Waals surface area contributed by atoms with Crippen molar-refractivity contribution in [2.24, 2.45) is 28.6 Å². The van der Waals surface area contributed by atoms with E-state index in [0.29, 0.717) is 35.5 Å². The van der Waals surface area contributed by atoms with Crippen LogP contribution in [0.4, 0.5) is 10.5 Å². The van der Waals surface area contributed by atoms with Crippen molar-refractivity contribution < 1.29 is 17.9 Å². The second kappa shape index (κ2) is 8.84. The van der Waals surface area contributed by atoms with Gasteiger partial charge in [0, 0.05) is 24.2 Å². The predicted molar refractivity (Wildman–Crippen MR) is 146 cm³/mol. The third-order valence-corrected chi connectivity index (χ3v) is 11.4. The maximum absolute atomic E-state index is 13.8. The van der Waals surface area contributed by atoms with E-state index in [1.165, 1.54) is 0 Å². The first-order valence-electron chi connectivity index (χ1n) is 13.3. The normalized spacial score (nSPS) is 28.8. The van der Waals surface area contributed by atoms with Gasteiger partial charge in [-0.3, -0.25) is 5.32 Å². The maximum Gasteiger partial charge on any atom is 0.411 e. The van der Waals surface area contributed by atoms with E-state index >= 15 is 0 Å². The SMILES string of the molecule is Cc1ccc(NC(=O)OC[C@]23CN(S(=O)(=O)c4ccc(C(C)(C)C)cc4)C[C@H]2C[C@H]2C[C@@H]3C2(C)C)cc1. The van der Waals surface area contributed by atoms with E-state index in [9.17, 15) is 13.2 Å². The lowest BCUT2D eigenvalue weighted by Crippen LogP contribution is -2.63. The predicted octanol–water partition coefficient (Wildman–Crippen LogP) is 6.21. The molecule has 1 saturated heterocycles. The van der Waals surface area contributed by atoms with Crippen LogP contribution in [0.5, 0.6) is 0 Å². The summed E-state index contributed by atoms with van der Waals surface area (Å²) >= 11 is 0. The van der Waals surface area contributed by atoms with Gasteiger partial charge in [0.1, 0.15) is 6.61 Å². The average molecular weight is 525 g/mol. The molecule has 3 aliphatic carbocycles. The van der Waals surface area contributed by atoms with Crippen LogP contribution in [0, 0.1) is 35.5 Å². The zero-order valence-electron chi connectivity index (χ0n) is 22.9. The number of nitrogens with zero attached hydrogens (tertiary/aromatic N) is 1. The molecule has 200 valence electrons. The van der Waals surface area contributed by atoms with E-state index in [1.54, 1.807) is 16.4 Å². The molecule has 0 spiro atoms. The first-order chi connectivity index (χ1) is 17.2. The molecule has 1 heterocycles. The van der Waals surface area contributed by atoms with Crippen molar-refractivity contribution in [1.82, 2.24) is 4.31 Å². The lowest BCUT2D eigenvalue weighted by Gasteiger charge is -2.66. The highest BCUT2D eigenvalue weighted by Crippen LogP contribution is 2.69. The van der Waals surface area contributed by atoms with Crippen LogP contribution in [-0.2, 0) is 20.2 Å². The molecule has 1 aliphatic heterocycles. The van der Waals surface area contributed by atoms with Crippen LogP contribution >= 0.6 is 0 Å². The molecule has 6 nitrogen and oxygen atoms in total. The molecule has 2 aromatic carbocycles. The number of amides is 1. The number of ether oxygens (including phenoxy) is 1. The second-order valence-corrected chi connectivity index (χ2v) is 15.0. The molecule has 0 unspecified atom stereocenters. The van der Waals surface area contributed by atoms with Crippen molar-refractivity contribution in [3.63, 3.8) is 0 Å². The fourth-order valence-electron chi connectivity index (χ4n) is 7.10. The monoisotopic (exact) mass is 524 g/mol. The van der Waals surface area contributed by atoms with E-state index in [2.05, 4.69) is 39.9 Å². The third kappa shape index (κ3) is 4.48. The summed E-state index contributed by atoms with van der Waals surface area (Å²) in [6.07, 6.45) is 1.55. The summed E-state index contributed by atoms with van der Waals surface area (Å²) in [6.45, 7) is 14.0. The van der Waals surface area contributed by atoms with Crippen molar-refractivity contribution in [3.05, 3.63) is 59.7 Å². The number of benzene rings is 2. The molecule has 37 heavy (non-hydrogen) atoms. The van der Waals surface area contributed by atoms with Crippen LogP contribution in [0.3, 0.4) is 0 Å². The van der Waals surface area contributed by atoms with E-state index < -0.39 is 16.1 Å². The summed E-state index contributed by atoms with van der Waals surface area (Å²) in [4.78, 5) is 13.1. The molecule has 1 amide bonds. The van der Waals surface area contributed by atoms with Crippen LogP contribution < -0.4 is 5.32 Å². The molecule has 4 atom stereocenters. The Morgan fingerprint density at radius 2 is 1.68 bits per heavy atom. The summed E-state index contributed by atoms with van der Waals surface area (Å²) < 4.78 is 35.1. The molecular weight excluding hydrogens is 484 g/mol. The topological polar surface area (TPSA) is 75.7 Å². The molecule has 2 bridgehead atoms. The summed E-state index contributed by atoms with van der Waals surface area (Å²) in [5.74, 6) is 1.09. The number of carbonyl (C=O) groups is 1. The summed E-state index contributed by atoms with van der Waals surface area (Å²) in [7, 11) is -3.65. The molecule has 2 aromatic rings. The highest BCUT2D eigenvalue weighted by atomic mass is 32.2. The fourth-order valence-corrected chi connectivity index (χ4v) is 8.67. The minimum Gasteiger partial charge on any atom is -0.449 e. The number of anilines is 1. The minimum absolute atomic E-state index is 0.0437.